The standard InChI is InChI=1S/C27H29N5O3/c1-34-22-10-8-19(9-11-22)17-29-27(33)21-6-4-13-31(18-21)26-25-16-24(30-32(25)14-12-28-26)20-5-3-7-23(15-20)35-2/h3,5,7-12,14-16,21H,4,6,13,17-18H2,1-2H3,(H,29,33)/t21-/m0/s1. The quantitative estimate of drug-likeness (QED) is 0.440. The summed E-state index contributed by atoms with van der Waals surface area (Å²) in [5.41, 5.74) is 3.80. The van der Waals surface area contributed by atoms with Crippen LogP contribution in [0.25, 0.3) is 16.8 Å². The number of rotatable bonds is 7. The molecule has 0 bridgehead atoms. The summed E-state index contributed by atoms with van der Waals surface area (Å²) in [5.74, 6) is 2.42. The second kappa shape index (κ2) is 10.0. The molecule has 1 N–H and O–H groups in total. The van der Waals surface area contributed by atoms with Crippen molar-refractivity contribution in [3.8, 4) is 22.8 Å². The van der Waals surface area contributed by atoms with Crippen molar-refractivity contribution in [2.75, 3.05) is 32.2 Å². The van der Waals surface area contributed by atoms with E-state index in [1.165, 1.54) is 0 Å². The van der Waals surface area contributed by atoms with Gasteiger partial charge in [0.25, 0.3) is 0 Å². The second-order valence-electron chi connectivity index (χ2n) is 8.69. The molecule has 3 heterocycles. The number of aromatic nitrogens is 3. The van der Waals surface area contributed by atoms with E-state index in [0.29, 0.717) is 13.1 Å². The van der Waals surface area contributed by atoms with Crippen LogP contribution >= 0.6 is 0 Å². The largest absolute Gasteiger partial charge is 0.497 e. The Morgan fingerprint density at radius 3 is 2.71 bits per heavy atom. The number of methoxy groups -OCH3 is 2. The molecule has 1 fully saturated rings. The molecule has 1 saturated heterocycles. The number of benzene rings is 2. The van der Waals surface area contributed by atoms with E-state index >= 15 is 0 Å². The van der Waals surface area contributed by atoms with Crippen molar-refractivity contribution in [1.82, 2.24) is 19.9 Å². The number of carbonyl (C=O) groups is 1. The molecule has 1 aliphatic rings. The summed E-state index contributed by atoms with van der Waals surface area (Å²) in [6.45, 7) is 1.98. The summed E-state index contributed by atoms with van der Waals surface area (Å²) in [5, 5.41) is 7.85. The maximum Gasteiger partial charge on any atom is 0.225 e. The molecule has 1 atom stereocenters. The van der Waals surface area contributed by atoms with Gasteiger partial charge in [-0.05, 0) is 48.7 Å². The van der Waals surface area contributed by atoms with Crippen LogP contribution in [0.3, 0.4) is 0 Å². The normalized spacial score (nSPS) is 15.7. The molecule has 8 heteroatoms. The number of hydrogen-bond acceptors (Lipinski definition) is 6. The van der Waals surface area contributed by atoms with E-state index in [1.807, 2.05) is 65.3 Å². The van der Waals surface area contributed by atoms with E-state index in [9.17, 15) is 4.79 Å². The van der Waals surface area contributed by atoms with E-state index < -0.39 is 0 Å². The number of nitrogens with zero attached hydrogens (tertiary/aromatic N) is 4. The molecule has 1 aliphatic heterocycles. The Hall–Kier alpha value is -4.07. The summed E-state index contributed by atoms with van der Waals surface area (Å²) < 4.78 is 12.4. The lowest BCUT2D eigenvalue weighted by Gasteiger charge is -2.33. The molecule has 0 unspecified atom stereocenters. The maximum absolute atomic E-state index is 13.0. The predicted molar refractivity (Wildman–Crippen MR) is 135 cm³/mol. The average Bonchev–Trinajstić information content (AvgIpc) is 3.37. The van der Waals surface area contributed by atoms with E-state index in [2.05, 4.69) is 15.2 Å². The van der Waals surface area contributed by atoms with Gasteiger partial charge in [-0.15, -0.1) is 0 Å². The highest BCUT2D eigenvalue weighted by atomic mass is 16.5. The van der Waals surface area contributed by atoms with Crippen molar-refractivity contribution in [3.05, 3.63) is 72.6 Å². The van der Waals surface area contributed by atoms with Gasteiger partial charge < -0.3 is 19.7 Å². The number of carbonyl (C=O) groups excluding carboxylic acids is 1. The van der Waals surface area contributed by atoms with Gasteiger partial charge in [-0.1, -0.05) is 24.3 Å². The van der Waals surface area contributed by atoms with E-state index in [4.69, 9.17) is 14.6 Å². The highest BCUT2D eigenvalue weighted by molar-refractivity contribution is 5.81. The number of fused-ring (bicyclic) bond motifs is 1. The molecule has 0 aliphatic carbocycles. The summed E-state index contributed by atoms with van der Waals surface area (Å²) >= 11 is 0. The number of ether oxygens (including phenoxy) is 2. The lowest BCUT2D eigenvalue weighted by molar-refractivity contribution is -0.125. The number of anilines is 1. The zero-order chi connectivity index (χ0) is 24.2. The molecule has 180 valence electrons. The molecular weight excluding hydrogens is 442 g/mol. The second-order valence-corrected chi connectivity index (χ2v) is 8.69. The molecule has 2 aromatic heterocycles. The SMILES string of the molecule is COc1ccc(CNC(=O)[C@H]2CCCN(c3nccn4nc(-c5cccc(OC)c5)cc34)C2)cc1. The third kappa shape index (κ3) is 4.91. The van der Waals surface area contributed by atoms with Crippen LogP contribution in [0.5, 0.6) is 11.5 Å². The van der Waals surface area contributed by atoms with Gasteiger partial charge >= 0.3 is 0 Å². The monoisotopic (exact) mass is 471 g/mol. The Morgan fingerprint density at radius 2 is 1.91 bits per heavy atom. The predicted octanol–water partition coefficient (Wildman–Crippen LogP) is 3.95. The molecule has 0 radical (unpaired) electrons. The minimum Gasteiger partial charge on any atom is -0.497 e. The first-order valence-corrected chi connectivity index (χ1v) is 11.8. The number of hydrogen-bond donors (Lipinski definition) is 1. The van der Waals surface area contributed by atoms with Crippen LogP contribution in [-0.4, -0.2) is 47.8 Å². The topological polar surface area (TPSA) is 81.0 Å². The summed E-state index contributed by atoms with van der Waals surface area (Å²) in [7, 11) is 3.30. The Morgan fingerprint density at radius 1 is 1.09 bits per heavy atom. The minimum absolute atomic E-state index is 0.0723. The van der Waals surface area contributed by atoms with E-state index in [1.54, 1.807) is 20.4 Å². The fourth-order valence-electron chi connectivity index (χ4n) is 4.54. The van der Waals surface area contributed by atoms with Crippen molar-refractivity contribution < 1.29 is 14.3 Å². The molecule has 0 spiro atoms. The molecule has 8 nitrogen and oxygen atoms in total. The van der Waals surface area contributed by atoms with Gasteiger partial charge in [0.2, 0.25) is 5.91 Å². The van der Waals surface area contributed by atoms with Crippen LogP contribution in [0.2, 0.25) is 0 Å². The molecule has 5 rings (SSSR count). The van der Waals surface area contributed by atoms with Crippen molar-refractivity contribution in [2.24, 2.45) is 5.92 Å². The summed E-state index contributed by atoms with van der Waals surface area (Å²) in [4.78, 5) is 19.8. The molecule has 1 amide bonds. The maximum atomic E-state index is 13.0. The number of amides is 1. The van der Waals surface area contributed by atoms with Crippen molar-refractivity contribution in [2.45, 2.75) is 19.4 Å². The third-order valence-corrected chi connectivity index (χ3v) is 6.45. The Balaban J connectivity index is 1.31. The van der Waals surface area contributed by atoms with Crippen LogP contribution in [-0.2, 0) is 11.3 Å². The Kier molecular flexibility index (Phi) is 6.52. The number of nitrogens with one attached hydrogen (secondary N) is 1. The lowest BCUT2D eigenvalue weighted by atomic mass is 9.97. The molecule has 2 aromatic carbocycles. The lowest BCUT2D eigenvalue weighted by Crippen LogP contribution is -2.43. The zero-order valence-electron chi connectivity index (χ0n) is 20.0. The highest BCUT2D eigenvalue weighted by Crippen LogP contribution is 2.29. The third-order valence-electron chi connectivity index (χ3n) is 6.45. The summed E-state index contributed by atoms with van der Waals surface area (Å²) in [6, 6.07) is 17.7. The fourth-order valence-corrected chi connectivity index (χ4v) is 4.54. The highest BCUT2D eigenvalue weighted by Gasteiger charge is 2.27. The van der Waals surface area contributed by atoms with Crippen molar-refractivity contribution in [3.63, 3.8) is 0 Å². The smallest absolute Gasteiger partial charge is 0.225 e. The van der Waals surface area contributed by atoms with Crippen LogP contribution in [0.4, 0.5) is 5.82 Å². The molecule has 4 aromatic rings. The van der Waals surface area contributed by atoms with Crippen LogP contribution in [0, 0.1) is 5.92 Å². The van der Waals surface area contributed by atoms with Crippen LogP contribution in [0.15, 0.2) is 67.0 Å². The van der Waals surface area contributed by atoms with Crippen molar-refractivity contribution >= 4 is 17.2 Å². The Labute approximate surface area is 204 Å². The van der Waals surface area contributed by atoms with Gasteiger partial charge in [-0.25, -0.2) is 9.50 Å². The van der Waals surface area contributed by atoms with Gasteiger partial charge in [0, 0.05) is 37.6 Å². The average molecular weight is 472 g/mol. The zero-order valence-corrected chi connectivity index (χ0v) is 20.0. The fraction of sp³-hybridized carbons (Fsp3) is 0.296. The summed E-state index contributed by atoms with van der Waals surface area (Å²) in [6.07, 6.45) is 5.41. The van der Waals surface area contributed by atoms with Gasteiger partial charge in [-0.3, -0.25) is 4.79 Å². The van der Waals surface area contributed by atoms with E-state index in [-0.39, 0.29) is 11.8 Å². The van der Waals surface area contributed by atoms with Gasteiger partial charge in [0.1, 0.15) is 17.0 Å². The van der Waals surface area contributed by atoms with Gasteiger partial charge in [0.15, 0.2) is 5.82 Å². The molecule has 35 heavy (non-hydrogen) atoms. The first kappa shape index (κ1) is 22.7. The van der Waals surface area contributed by atoms with E-state index in [0.717, 1.165) is 59.0 Å². The van der Waals surface area contributed by atoms with Crippen molar-refractivity contribution in [1.29, 1.82) is 0 Å². The first-order valence-electron chi connectivity index (χ1n) is 11.8. The first-order chi connectivity index (χ1) is 17.1. The molecular formula is C27H29N5O3. The van der Waals surface area contributed by atoms with Crippen LogP contribution < -0.4 is 19.7 Å². The Bertz CT molecular complexity index is 1320. The number of piperidine rings is 1. The minimum atomic E-state index is -0.0927. The molecule has 0 saturated carbocycles. The van der Waals surface area contributed by atoms with Gasteiger partial charge in [-0.2, -0.15) is 5.10 Å². The van der Waals surface area contributed by atoms with Crippen LogP contribution in [0.1, 0.15) is 18.4 Å². The van der Waals surface area contributed by atoms with Gasteiger partial charge in [0.05, 0.1) is 25.8 Å².